The van der Waals surface area contributed by atoms with Crippen LogP contribution in [0.1, 0.15) is 53.4 Å². The SMILES string of the molecule is CC(C)CC(O)(CC(C)C)C1CCCN1. The molecule has 1 heterocycles. The molecule has 1 unspecified atom stereocenters. The minimum absolute atomic E-state index is 0.322. The fraction of sp³-hybridized carbons (Fsp3) is 1.00. The van der Waals surface area contributed by atoms with Gasteiger partial charge in [-0.2, -0.15) is 0 Å². The largest absolute Gasteiger partial charge is 0.388 e. The third-order valence-corrected chi connectivity index (χ3v) is 3.23. The van der Waals surface area contributed by atoms with E-state index in [-0.39, 0.29) is 0 Å². The Morgan fingerprint density at radius 1 is 1.20 bits per heavy atom. The van der Waals surface area contributed by atoms with Gasteiger partial charge in [0.25, 0.3) is 0 Å². The Morgan fingerprint density at radius 3 is 2.07 bits per heavy atom. The molecule has 15 heavy (non-hydrogen) atoms. The molecule has 1 atom stereocenters. The highest BCUT2D eigenvalue weighted by Crippen LogP contribution is 2.31. The molecule has 0 amide bonds. The average Bonchev–Trinajstić information content (AvgIpc) is 2.51. The van der Waals surface area contributed by atoms with Crippen molar-refractivity contribution in [3.8, 4) is 0 Å². The number of nitrogens with one attached hydrogen (secondary N) is 1. The third-order valence-electron chi connectivity index (χ3n) is 3.23. The molecular formula is C13H27NO. The van der Waals surface area contributed by atoms with E-state index >= 15 is 0 Å². The van der Waals surface area contributed by atoms with E-state index < -0.39 is 5.60 Å². The fourth-order valence-electron chi connectivity index (χ4n) is 2.92. The summed E-state index contributed by atoms with van der Waals surface area (Å²) >= 11 is 0. The summed E-state index contributed by atoms with van der Waals surface area (Å²) < 4.78 is 0. The molecule has 0 aliphatic carbocycles. The quantitative estimate of drug-likeness (QED) is 0.735. The molecule has 0 spiro atoms. The zero-order valence-electron chi connectivity index (χ0n) is 10.7. The van der Waals surface area contributed by atoms with Crippen LogP contribution in [0.3, 0.4) is 0 Å². The van der Waals surface area contributed by atoms with Crippen molar-refractivity contribution in [1.29, 1.82) is 0 Å². The van der Waals surface area contributed by atoms with Crippen molar-refractivity contribution < 1.29 is 5.11 Å². The van der Waals surface area contributed by atoms with Gasteiger partial charge >= 0.3 is 0 Å². The van der Waals surface area contributed by atoms with Gasteiger partial charge in [0, 0.05) is 6.04 Å². The molecule has 0 saturated carbocycles. The van der Waals surface area contributed by atoms with E-state index in [1.807, 2.05) is 0 Å². The molecule has 1 aliphatic rings. The van der Waals surface area contributed by atoms with Gasteiger partial charge in [-0.25, -0.2) is 0 Å². The summed E-state index contributed by atoms with van der Waals surface area (Å²) in [6.45, 7) is 9.85. The molecule has 2 heteroatoms. The van der Waals surface area contributed by atoms with Crippen LogP contribution < -0.4 is 5.32 Å². The van der Waals surface area contributed by atoms with Crippen LogP contribution in [0.25, 0.3) is 0 Å². The van der Waals surface area contributed by atoms with E-state index in [0.29, 0.717) is 17.9 Å². The maximum Gasteiger partial charge on any atom is 0.0804 e. The molecule has 0 aromatic heterocycles. The maximum atomic E-state index is 10.8. The lowest BCUT2D eigenvalue weighted by Gasteiger charge is -2.37. The smallest absolute Gasteiger partial charge is 0.0804 e. The van der Waals surface area contributed by atoms with Gasteiger partial charge in [0.05, 0.1) is 5.60 Å². The normalized spacial score (nSPS) is 23.0. The van der Waals surface area contributed by atoms with E-state index in [1.54, 1.807) is 0 Å². The van der Waals surface area contributed by atoms with Crippen LogP contribution in [0, 0.1) is 11.8 Å². The first kappa shape index (κ1) is 13.0. The Labute approximate surface area is 94.5 Å². The van der Waals surface area contributed by atoms with E-state index in [1.165, 1.54) is 6.42 Å². The van der Waals surface area contributed by atoms with Crippen molar-refractivity contribution in [3.63, 3.8) is 0 Å². The lowest BCUT2D eigenvalue weighted by Crippen LogP contribution is -2.49. The molecule has 2 N–H and O–H groups in total. The molecule has 1 saturated heterocycles. The Balaban J connectivity index is 2.65. The second kappa shape index (κ2) is 5.31. The first-order valence-corrected chi connectivity index (χ1v) is 6.40. The van der Waals surface area contributed by atoms with Gasteiger partial charge in [-0.3, -0.25) is 0 Å². The lowest BCUT2D eigenvalue weighted by molar-refractivity contribution is -0.0283. The summed E-state index contributed by atoms with van der Waals surface area (Å²) in [4.78, 5) is 0. The molecule has 0 bridgehead atoms. The van der Waals surface area contributed by atoms with Crippen molar-refractivity contribution in [1.82, 2.24) is 5.32 Å². The lowest BCUT2D eigenvalue weighted by atomic mass is 9.79. The predicted molar refractivity (Wildman–Crippen MR) is 64.9 cm³/mol. The molecule has 0 radical (unpaired) electrons. The van der Waals surface area contributed by atoms with E-state index in [0.717, 1.165) is 25.8 Å². The summed E-state index contributed by atoms with van der Waals surface area (Å²) in [5.41, 5.74) is -0.487. The van der Waals surface area contributed by atoms with Crippen molar-refractivity contribution in [2.24, 2.45) is 11.8 Å². The zero-order chi connectivity index (χ0) is 11.5. The molecule has 1 fully saturated rings. The van der Waals surface area contributed by atoms with Crippen LogP contribution >= 0.6 is 0 Å². The fourth-order valence-corrected chi connectivity index (χ4v) is 2.92. The molecule has 1 aliphatic heterocycles. The number of rotatable bonds is 5. The second-order valence-corrected chi connectivity index (χ2v) is 5.95. The summed E-state index contributed by atoms with van der Waals surface area (Å²) in [6, 6.07) is 0.322. The van der Waals surface area contributed by atoms with Gasteiger partial charge in [0.2, 0.25) is 0 Å². The summed E-state index contributed by atoms with van der Waals surface area (Å²) in [7, 11) is 0. The minimum Gasteiger partial charge on any atom is -0.388 e. The van der Waals surface area contributed by atoms with Gasteiger partial charge in [0.15, 0.2) is 0 Å². The maximum absolute atomic E-state index is 10.8. The molecular weight excluding hydrogens is 186 g/mol. The molecule has 90 valence electrons. The van der Waals surface area contributed by atoms with Crippen LogP contribution in [-0.4, -0.2) is 23.3 Å². The van der Waals surface area contributed by atoms with Crippen LogP contribution in [-0.2, 0) is 0 Å². The van der Waals surface area contributed by atoms with Crippen molar-refractivity contribution >= 4 is 0 Å². The zero-order valence-corrected chi connectivity index (χ0v) is 10.7. The highest BCUT2D eigenvalue weighted by Gasteiger charge is 2.38. The van der Waals surface area contributed by atoms with Gasteiger partial charge in [-0.1, -0.05) is 27.7 Å². The van der Waals surface area contributed by atoms with Gasteiger partial charge in [-0.15, -0.1) is 0 Å². The summed E-state index contributed by atoms with van der Waals surface area (Å²) in [5, 5.41) is 14.2. The van der Waals surface area contributed by atoms with E-state index in [2.05, 4.69) is 33.0 Å². The first-order valence-electron chi connectivity index (χ1n) is 6.40. The molecule has 2 nitrogen and oxygen atoms in total. The van der Waals surface area contributed by atoms with Gasteiger partial charge in [0.1, 0.15) is 0 Å². The van der Waals surface area contributed by atoms with Crippen LogP contribution in [0.5, 0.6) is 0 Å². The monoisotopic (exact) mass is 213 g/mol. The highest BCUT2D eigenvalue weighted by molar-refractivity contribution is 4.95. The highest BCUT2D eigenvalue weighted by atomic mass is 16.3. The molecule has 1 rings (SSSR count). The second-order valence-electron chi connectivity index (χ2n) is 5.95. The summed E-state index contributed by atoms with van der Waals surface area (Å²) in [6.07, 6.45) is 4.19. The van der Waals surface area contributed by atoms with Gasteiger partial charge < -0.3 is 10.4 Å². The predicted octanol–water partition coefficient (Wildman–Crippen LogP) is 2.56. The van der Waals surface area contributed by atoms with Crippen molar-refractivity contribution in [2.45, 2.75) is 65.0 Å². The van der Waals surface area contributed by atoms with Crippen molar-refractivity contribution in [3.05, 3.63) is 0 Å². The van der Waals surface area contributed by atoms with Crippen molar-refractivity contribution in [2.75, 3.05) is 6.54 Å². The van der Waals surface area contributed by atoms with Crippen LogP contribution in [0.15, 0.2) is 0 Å². The first-order chi connectivity index (χ1) is 6.94. The molecule has 0 aromatic carbocycles. The number of hydrogen-bond acceptors (Lipinski definition) is 2. The summed E-state index contributed by atoms with van der Waals surface area (Å²) in [5.74, 6) is 1.13. The molecule has 0 aromatic rings. The van der Waals surface area contributed by atoms with Crippen LogP contribution in [0.4, 0.5) is 0 Å². The third kappa shape index (κ3) is 3.76. The average molecular weight is 213 g/mol. The minimum atomic E-state index is -0.487. The van der Waals surface area contributed by atoms with E-state index in [4.69, 9.17) is 0 Å². The Hall–Kier alpha value is -0.0800. The Bertz CT molecular complexity index is 173. The van der Waals surface area contributed by atoms with Gasteiger partial charge in [-0.05, 0) is 44.1 Å². The number of hydrogen-bond donors (Lipinski definition) is 2. The van der Waals surface area contributed by atoms with Crippen LogP contribution in [0.2, 0.25) is 0 Å². The topological polar surface area (TPSA) is 32.3 Å². The number of aliphatic hydroxyl groups is 1. The Kier molecular flexibility index (Phi) is 4.60. The standard InChI is InChI=1S/C13H27NO/c1-10(2)8-13(15,9-11(3)4)12-6-5-7-14-12/h10-12,14-15H,5-9H2,1-4H3. The Morgan fingerprint density at radius 2 is 1.73 bits per heavy atom. The van der Waals surface area contributed by atoms with E-state index in [9.17, 15) is 5.11 Å².